The van der Waals surface area contributed by atoms with E-state index in [1.165, 1.54) is 17.5 Å². The molecule has 0 bridgehead atoms. The van der Waals surface area contributed by atoms with Crippen molar-refractivity contribution < 1.29 is 5.11 Å². The van der Waals surface area contributed by atoms with Gasteiger partial charge in [0, 0.05) is 13.1 Å². The van der Waals surface area contributed by atoms with Crippen LogP contribution in [0.15, 0.2) is 24.3 Å². The summed E-state index contributed by atoms with van der Waals surface area (Å²) in [6, 6.07) is 8.53. The molecule has 2 N–H and O–H groups in total. The van der Waals surface area contributed by atoms with Crippen molar-refractivity contribution in [2.75, 3.05) is 6.54 Å². The quantitative estimate of drug-likeness (QED) is 0.857. The van der Waals surface area contributed by atoms with E-state index in [2.05, 4.69) is 43.4 Å². The molecule has 2 nitrogen and oxygen atoms in total. The highest BCUT2D eigenvalue weighted by atomic mass is 16.3. The first-order valence-electron chi connectivity index (χ1n) is 7.06. The zero-order valence-electron chi connectivity index (χ0n) is 11.6. The first kappa shape index (κ1) is 13.6. The van der Waals surface area contributed by atoms with Crippen molar-refractivity contribution in [3.63, 3.8) is 0 Å². The molecule has 2 rings (SSSR count). The second-order valence-corrected chi connectivity index (χ2v) is 6.02. The average molecular weight is 247 g/mol. The van der Waals surface area contributed by atoms with E-state index in [0.717, 1.165) is 25.8 Å². The molecule has 1 aromatic rings. The minimum absolute atomic E-state index is 0.485. The summed E-state index contributed by atoms with van der Waals surface area (Å²) in [7, 11) is 0. The van der Waals surface area contributed by atoms with E-state index in [9.17, 15) is 5.11 Å². The van der Waals surface area contributed by atoms with E-state index in [0.29, 0.717) is 12.5 Å². The van der Waals surface area contributed by atoms with Crippen molar-refractivity contribution in [2.24, 2.45) is 5.92 Å². The van der Waals surface area contributed by atoms with E-state index in [1.807, 2.05) is 0 Å². The number of nitrogens with one attached hydrogen (secondary N) is 1. The lowest BCUT2D eigenvalue weighted by molar-refractivity contribution is -0.0119. The highest BCUT2D eigenvalue weighted by Crippen LogP contribution is 2.31. The van der Waals surface area contributed by atoms with Crippen molar-refractivity contribution in [3.05, 3.63) is 35.4 Å². The molecule has 0 aromatic heterocycles. The van der Waals surface area contributed by atoms with Crippen LogP contribution in [0, 0.1) is 12.8 Å². The van der Waals surface area contributed by atoms with Crippen molar-refractivity contribution in [1.29, 1.82) is 0 Å². The topological polar surface area (TPSA) is 32.3 Å². The Morgan fingerprint density at radius 3 is 3.00 bits per heavy atom. The zero-order chi connectivity index (χ0) is 13.0. The molecule has 0 radical (unpaired) electrons. The Morgan fingerprint density at radius 2 is 2.28 bits per heavy atom. The molecule has 0 amide bonds. The van der Waals surface area contributed by atoms with Crippen LogP contribution in [0.25, 0.3) is 0 Å². The van der Waals surface area contributed by atoms with Crippen LogP contribution in [0.5, 0.6) is 0 Å². The Labute approximate surface area is 110 Å². The third-order valence-electron chi connectivity index (χ3n) is 3.93. The normalized spacial score (nSPS) is 28.3. The van der Waals surface area contributed by atoms with Crippen LogP contribution < -0.4 is 5.32 Å². The lowest BCUT2D eigenvalue weighted by Gasteiger charge is -2.35. The maximum atomic E-state index is 10.5. The van der Waals surface area contributed by atoms with Gasteiger partial charge in [-0.15, -0.1) is 0 Å². The smallest absolute Gasteiger partial charge is 0.0774 e. The molecule has 1 aliphatic carbocycles. The van der Waals surface area contributed by atoms with Crippen LogP contribution in [0.4, 0.5) is 0 Å². The van der Waals surface area contributed by atoms with E-state index < -0.39 is 5.60 Å². The molecule has 1 aromatic carbocycles. The Morgan fingerprint density at radius 1 is 1.44 bits per heavy atom. The summed E-state index contributed by atoms with van der Waals surface area (Å²) in [5, 5.41) is 13.9. The number of aliphatic hydroxyl groups is 1. The van der Waals surface area contributed by atoms with Crippen LogP contribution in [0.1, 0.15) is 43.7 Å². The molecule has 0 spiro atoms. The Bertz CT molecular complexity index is 390. The predicted molar refractivity (Wildman–Crippen MR) is 75.5 cm³/mol. The second kappa shape index (κ2) is 5.85. The SMILES string of the molecule is Cc1cccc(CNCC2(O)CCCC(C)C2)c1. The molecule has 2 heteroatoms. The summed E-state index contributed by atoms with van der Waals surface area (Å²) >= 11 is 0. The molecule has 2 unspecified atom stereocenters. The maximum Gasteiger partial charge on any atom is 0.0774 e. The molecule has 18 heavy (non-hydrogen) atoms. The largest absolute Gasteiger partial charge is 0.389 e. The third-order valence-corrected chi connectivity index (χ3v) is 3.93. The highest BCUT2D eigenvalue weighted by molar-refractivity contribution is 5.21. The van der Waals surface area contributed by atoms with Crippen molar-refractivity contribution >= 4 is 0 Å². The van der Waals surface area contributed by atoms with E-state index >= 15 is 0 Å². The van der Waals surface area contributed by atoms with Gasteiger partial charge < -0.3 is 10.4 Å². The lowest BCUT2D eigenvalue weighted by atomic mass is 9.79. The molecule has 1 saturated carbocycles. The minimum Gasteiger partial charge on any atom is -0.389 e. The van der Waals surface area contributed by atoms with Gasteiger partial charge in [0.2, 0.25) is 0 Å². The van der Waals surface area contributed by atoms with Gasteiger partial charge in [-0.05, 0) is 31.2 Å². The fourth-order valence-corrected chi connectivity index (χ4v) is 3.05. The molecule has 1 aliphatic rings. The van der Waals surface area contributed by atoms with Gasteiger partial charge in [-0.1, -0.05) is 49.6 Å². The van der Waals surface area contributed by atoms with Crippen LogP contribution in [0.3, 0.4) is 0 Å². The predicted octanol–water partition coefficient (Wildman–Crippen LogP) is 3.03. The molecular weight excluding hydrogens is 222 g/mol. The fourth-order valence-electron chi connectivity index (χ4n) is 3.05. The van der Waals surface area contributed by atoms with Gasteiger partial charge >= 0.3 is 0 Å². The standard InChI is InChI=1S/C16H25NO/c1-13-5-3-7-15(9-13)11-17-12-16(18)8-4-6-14(2)10-16/h3,5,7,9,14,17-18H,4,6,8,10-12H2,1-2H3. The summed E-state index contributed by atoms with van der Waals surface area (Å²) in [6.07, 6.45) is 4.30. The molecule has 0 heterocycles. The third kappa shape index (κ3) is 3.82. The molecule has 100 valence electrons. The zero-order valence-corrected chi connectivity index (χ0v) is 11.6. The number of hydrogen-bond donors (Lipinski definition) is 2. The van der Waals surface area contributed by atoms with Gasteiger partial charge in [0.15, 0.2) is 0 Å². The van der Waals surface area contributed by atoms with Gasteiger partial charge in [-0.3, -0.25) is 0 Å². The first-order chi connectivity index (χ1) is 8.57. The van der Waals surface area contributed by atoms with E-state index in [-0.39, 0.29) is 0 Å². The summed E-state index contributed by atoms with van der Waals surface area (Å²) < 4.78 is 0. The molecule has 1 fully saturated rings. The average Bonchev–Trinajstić information content (AvgIpc) is 2.28. The van der Waals surface area contributed by atoms with E-state index in [4.69, 9.17) is 0 Å². The van der Waals surface area contributed by atoms with Crippen molar-refractivity contribution in [2.45, 2.75) is 51.7 Å². The number of benzene rings is 1. The molecule has 0 saturated heterocycles. The van der Waals surface area contributed by atoms with Crippen molar-refractivity contribution in [1.82, 2.24) is 5.32 Å². The number of hydrogen-bond acceptors (Lipinski definition) is 2. The van der Waals surface area contributed by atoms with Crippen LogP contribution in [-0.4, -0.2) is 17.3 Å². The second-order valence-electron chi connectivity index (χ2n) is 6.02. The maximum absolute atomic E-state index is 10.5. The Balaban J connectivity index is 1.81. The number of rotatable bonds is 4. The lowest BCUT2D eigenvalue weighted by Crippen LogP contribution is -2.43. The van der Waals surface area contributed by atoms with Gasteiger partial charge in [0.05, 0.1) is 5.60 Å². The van der Waals surface area contributed by atoms with Gasteiger partial charge in [0.25, 0.3) is 0 Å². The Kier molecular flexibility index (Phi) is 4.41. The summed E-state index contributed by atoms with van der Waals surface area (Å²) in [5.41, 5.74) is 2.10. The highest BCUT2D eigenvalue weighted by Gasteiger charge is 2.31. The minimum atomic E-state index is -0.485. The monoisotopic (exact) mass is 247 g/mol. The fraction of sp³-hybridized carbons (Fsp3) is 0.625. The summed E-state index contributed by atoms with van der Waals surface area (Å²) in [4.78, 5) is 0. The summed E-state index contributed by atoms with van der Waals surface area (Å²) in [6.45, 7) is 5.91. The first-order valence-corrected chi connectivity index (χ1v) is 7.06. The van der Waals surface area contributed by atoms with Gasteiger partial charge in [-0.25, -0.2) is 0 Å². The van der Waals surface area contributed by atoms with Crippen molar-refractivity contribution in [3.8, 4) is 0 Å². The summed E-state index contributed by atoms with van der Waals surface area (Å²) in [5.74, 6) is 0.657. The molecule has 2 atom stereocenters. The van der Waals surface area contributed by atoms with Crippen LogP contribution in [0.2, 0.25) is 0 Å². The van der Waals surface area contributed by atoms with Crippen LogP contribution in [-0.2, 0) is 6.54 Å². The van der Waals surface area contributed by atoms with Gasteiger partial charge in [-0.2, -0.15) is 0 Å². The number of aryl methyl sites for hydroxylation is 1. The van der Waals surface area contributed by atoms with E-state index in [1.54, 1.807) is 0 Å². The Hall–Kier alpha value is -0.860. The van der Waals surface area contributed by atoms with Crippen LogP contribution >= 0.6 is 0 Å². The van der Waals surface area contributed by atoms with Gasteiger partial charge in [0.1, 0.15) is 0 Å². The molecule has 0 aliphatic heterocycles. The molecular formula is C16H25NO.